The third-order valence-corrected chi connectivity index (χ3v) is 2.15. The van der Waals surface area contributed by atoms with Crippen molar-refractivity contribution in [2.24, 2.45) is 5.10 Å². The summed E-state index contributed by atoms with van der Waals surface area (Å²) in [5.41, 5.74) is 2.78. The van der Waals surface area contributed by atoms with Crippen LogP contribution in [0.3, 0.4) is 0 Å². The third-order valence-electron chi connectivity index (χ3n) is 2.15. The monoisotopic (exact) mass is 247 g/mol. The Morgan fingerprint density at radius 3 is 3.00 bits per heavy atom. The second-order valence-electron chi connectivity index (χ2n) is 3.47. The van der Waals surface area contributed by atoms with Crippen molar-refractivity contribution in [3.63, 3.8) is 0 Å². The van der Waals surface area contributed by atoms with Gasteiger partial charge in [-0.25, -0.2) is 14.3 Å². The number of rotatable bonds is 3. The van der Waals surface area contributed by atoms with Crippen molar-refractivity contribution < 1.29 is 4.39 Å². The predicted octanol–water partition coefficient (Wildman–Crippen LogP) is 1.06. The summed E-state index contributed by atoms with van der Waals surface area (Å²) in [5.74, 6) is -0.150. The second kappa shape index (κ2) is 5.17. The lowest BCUT2D eigenvalue weighted by Crippen LogP contribution is -2.15. The van der Waals surface area contributed by atoms with E-state index in [4.69, 9.17) is 0 Å². The molecule has 0 aliphatic heterocycles. The maximum absolute atomic E-state index is 13.3. The first-order valence-corrected chi connectivity index (χ1v) is 5.14. The standard InChI is InChI=1S/C11H10FN5O/c1-7-10(14-11(18)17-15-7)16-13-6-8-4-2-3-5-9(8)12/h2-6H,1H3,(H2,14,16,17,18)/b13-6+. The number of nitrogens with one attached hydrogen (secondary N) is 2. The number of H-pyrrole nitrogens is 1. The van der Waals surface area contributed by atoms with Gasteiger partial charge in [0.1, 0.15) is 11.5 Å². The summed E-state index contributed by atoms with van der Waals surface area (Å²) in [7, 11) is 0. The molecule has 2 rings (SSSR count). The molecular weight excluding hydrogens is 237 g/mol. The van der Waals surface area contributed by atoms with Gasteiger partial charge in [0.05, 0.1) is 6.21 Å². The Kier molecular flexibility index (Phi) is 3.42. The van der Waals surface area contributed by atoms with Crippen molar-refractivity contribution >= 4 is 12.0 Å². The van der Waals surface area contributed by atoms with Gasteiger partial charge in [0, 0.05) is 5.56 Å². The molecule has 1 heterocycles. The maximum Gasteiger partial charge on any atom is 0.363 e. The van der Waals surface area contributed by atoms with E-state index in [9.17, 15) is 9.18 Å². The highest BCUT2D eigenvalue weighted by atomic mass is 19.1. The van der Waals surface area contributed by atoms with E-state index < -0.39 is 5.69 Å². The van der Waals surface area contributed by atoms with Crippen molar-refractivity contribution in [2.75, 3.05) is 5.43 Å². The SMILES string of the molecule is Cc1n[nH]c(=O)nc1N/N=C/c1ccccc1F. The van der Waals surface area contributed by atoms with Gasteiger partial charge in [0.25, 0.3) is 0 Å². The van der Waals surface area contributed by atoms with Crippen LogP contribution in [0.5, 0.6) is 0 Å². The van der Waals surface area contributed by atoms with Crippen LogP contribution in [0.4, 0.5) is 10.2 Å². The molecule has 1 aromatic carbocycles. The van der Waals surface area contributed by atoms with Gasteiger partial charge in [-0.05, 0) is 13.0 Å². The molecule has 18 heavy (non-hydrogen) atoms. The van der Waals surface area contributed by atoms with Crippen LogP contribution in [0.2, 0.25) is 0 Å². The predicted molar refractivity (Wildman–Crippen MR) is 65.0 cm³/mol. The lowest BCUT2D eigenvalue weighted by Gasteiger charge is -2.00. The van der Waals surface area contributed by atoms with Crippen LogP contribution in [0.15, 0.2) is 34.2 Å². The zero-order valence-electron chi connectivity index (χ0n) is 9.51. The lowest BCUT2D eigenvalue weighted by atomic mass is 10.2. The van der Waals surface area contributed by atoms with E-state index in [2.05, 4.69) is 25.7 Å². The zero-order valence-corrected chi connectivity index (χ0v) is 9.51. The Hall–Kier alpha value is -2.57. The molecule has 0 fully saturated rings. The number of aryl methyl sites for hydroxylation is 1. The topological polar surface area (TPSA) is 83.0 Å². The number of hydrogen-bond acceptors (Lipinski definition) is 5. The van der Waals surface area contributed by atoms with E-state index in [1.165, 1.54) is 12.3 Å². The van der Waals surface area contributed by atoms with Gasteiger partial charge in [-0.3, -0.25) is 5.43 Å². The molecule has 0 radical (unpaired) electrons. The number of hydrogen-bond donors (Lipinski definition) is 2. The second-order valence-corrected chi connectivity index (χ2v) is 3.47. The fourth-order valence-electron chi connectivity index (χ4n) is 1.24. The number of nitrogens with zero attached hydrogens (tertiary/aromatic N) is 3. The van der Waals surface area contributed by atoms with Crippen LogP contribution in [-0.4, -0.2) is 21.4 Å². The fraction of sp³-hybridized carbons (Fsp3) is 0.0909. The summed E-state index contributed by atoms with van der Waals surface area (Å²) >= 11 is 0. The lowest BCUT2D eigenvalue weighted by molar-refractivity contribution is 0.626. The summed E-state index contributed by atoms with van der Waals surface area (Å²) in [4.78, 5) is 14.6. The molecule has 0 bridgehead atoms. The van der Waals surface area contributed by atoms with E-state index >= 15 is 0 Å². The average Bonchev–Trinajstić information content (AvgIpc) is 2.36. The Morgan fingerprint density at radius 2 is 2.22 bits per heavy atom. The summed E-state index contributed by atoms with van der Waals surface area (Å²) in [6.07, 6.45) is 1.30. The van der Waals surface area contributed by atoms with Gasteiger partial charge >= 0.3 is 5.69 Å². The molecule has 7 heteroatoms. The van der Waals surface area contributed by atoms with Crippen molar-refractivity contribution in [3.05, 3.63) is 51.8 Å². The number of benzene rings is 1. The molecule has 0 atom stereocenters. The normalized spacial score (nSPS) is 10.8. The van der Waals surface area contributed by atoms with Gasteiger partial charge < -0.3 is 0 Å². The van der Waals surface area contributed by atoms with Crippen molar-refractivity contribution in [3.8, 4) is 0 Å². The first-order chi connectivity index (χ1) is 8.66. The van der Waals surface area contributed by atoms with Gasteiger partial charge in [0.15, 0.2) is 5.82 Å². The minimum atomic E-state index is -0.579. The molecule has 0 aliphatic carbocycles. The van der Waals surface area contributed by atoms with Crippen LogP contribution >= 0.6 is 0 Å². The summed E-state index contributed by atoms with van der Waals surface area (Å²) in [6.45, 7) is 1.66. The Morgan fingerprint density at radius 1 is 1.44 bits per heavy atom. The highest BCUT2D eigenvalue weighted by molar-refractivity contribution is 5.80. The molecule has 0 saturated heterocycles. The summed E-state index contributed by atoms with van der Waals surface area (Å²) < 4.78 is 13.3. The first-order valence-electron chi connectivity index (χ1n) is 5.14. The number of aromatic amines is 1. The van der Waals surface area contributed by atoms with Crippen LogP contribution in [-0.2, 0) is 0 Å². The Bertz CT molecular complexity index is 637. The first kappa shape index (κ1) is 11.9. The van der Waals surface area contributed by atoms with Gasteiger partial charge in [-0.1, -0.05) is 18.2 Å². The number of aromatic nitrogens is 3. The van der Waals surface area contributed by atoms with E-state index in [-0.39, 0.29) is 11.6 Å². The Balaban J connectivity index is 2.15. The van der Waals surface area contributed by atoms with Gasteiger partial charge in [-0.15, -0.1) is 0 Å². The molecule has 0 unspecified atom stereocenters. The molecular formula is C11H10FN5O. The Labute approximate surface area is 102 Å². The minimum absolute atomic E-state index is 0.228. The van der Waals surface area contributed by atoms with Crippen LogP contribution in [0.1, 0.15) is 11.3 Å². The van der Waals surface area contributed by atoms with Crippen LogP contribution in [0.25, 0.3) is 0 Å². The largest absolute Gasteiger partial charge is 0.363 e. The molecule has 0 spiro atoms. The molecule has 6 nitrogen and oxygen atoms in total. The van der Waals surface area contributed by atoms with Crippen LogP contribution in [0, 0.1) is 12.7 Å². The molecule has 0 amide bonds. The third kappa shape index (κ3) is 2.76. The summed E-state index contributed by atoms with van der Waals surface area (Å²) in [6, 6.07) is 6.20. The molecule has 1 aromatic heterocycles. The van der Waals surface area contributed by atoms with Crippen molar-refractivity contribution in [1.29, 1.82) is 0 Å². The van der Waals surface area contributed by atoms with Gasteiger partial charge in [0.2, 0.25) is 0 Å². The maximum atomic E-state index is 13.3. The number of halogens is 1. The van der Waals surface area contributed by atoms with E-state index in [1.807, 2.05) is 0 Å². The van der Waals surface area contributed by atoms with E-state index in [0.717, 1.165) is 0 Å². The minimum Gasteiger partial charge on any atom is -0.260 e. The zero-order chi connectivity index (χ0) is 13.0. The highest BCUT2D eigenvalue weighted by Crippen LogP contribution is 2.05. The van der Waals surface area contributed by atoms with Gasteiger partial charge in [-0.2, -0.15) is 15.2 Å². The number of anilines is 1. The summed E-state index contributed by atoms with van der Waals surface area (Å²) in [5, 5.41) is 9.70. The van der Waals surface area contributed by atoms with Crippen molar-refractivity contribution in [2.45, 2.75) is 6.92 Å². The highest BCUT2D eigenvalue weighted by Gasteiger charge is 2.00. The molecule has 0 aliphatic rings. The van der Waals surface area contributed by atoms with Crippen molar-refractivity contribution in [1.82, 2.24) is 15.2 Å². The fourth-order valence-corrected chi connectivity index (χ4v) is 1.24. The molecule has 2 aromatic rings. The van der Waals surface area contributed by atoms with E-state index in [1.54, 1.807) is 25.1 Å². The average molecular weight is 247 g/mol. The molecule has 92 valence electrons. The van der Waals surface area contributed by atoms with E-state index in [0.29, 0.717) is 11.3 Å². The smallest absolute Gasteiger partial charge is 0.260 e. The van der Waals surface area contributed by atoms with Crippen LogP contribution < -0.4 is 11.1 Å². The molecule has 0 saturated carbocycles. The molecule has 2 N–H and O–H groups in total. The quantitative estimate of drug-likeness (QED) is 0.627. The number of hydrazone groups is 1.